The number of phosphoric acid groups is 1. The number of hydrogen-bond donors (Lipinski definition) is 0. The van der Waals surface area contributed by atoms with Gasteiger partial charge in [0.2, 0.25) is 0 Å². The summed E-state index contributed by atoms with van der Waals surface area (Å²) in [6.07, 6.45) is 100. The van der Waals surface area contributed by atoms with Gasteiger partial charge in [-0.3, -0.25) is 14.2 Å². The number of unbranched alkanes of at least 4 members (excludes halogenated alkanes) is 23. The lowest BCUT2D eigenvalue weighted by Gasteiger charge is -2.28. The fraction of sp³-hybridized carbons (Fsp3) is 0.641. The van der Waals surface area contributed by atoms with Gasteiger partial charge in [0.05, 0.1) is 27.7 Å². The molecule has 0 aromatic rings. The first-order chi connectivity index (χ1) is 43.0. The second kappa shape index (κ2) is 67.0. The smallest absolute Gasteiger partial charge is 0.306 e. The van der Waals surface area contributed by atoms with Crippen molar-refractivity contribution in [1.29, 1.82) is 0 Å². The van der Waals surface area contributed by atoms with Crippen LogP contribution in [0.25, 0.3) is 0 Å². The van der Waals surface area contributed by atoms with Crippen molar-refractivity contribution in [2.24, 2.45) is 0 Å². The molecule has 0 saturated heterocycles. The fourth-order valence-electron chi connectivity index (χ4n) is 9.23. The number of carbonyl (C=O) groups excluding carboxylic acids is 2. The molecule has 10 heteroatoms. The highest BCUT2D eigenvalue weighted by atomic mass is 31.2. The van der Waals surface area contributed by atoms with E-state index in [0.717, 1.165) is 122 Å². The largest absolute Gasteiger partial charge is 0.756 e. The number of hydrogen-bond acceptors (Lipinski definition) is 8. The third-order valence-electron chi connectivity index (χ3n) is 14.5. The molecule has 0 aromatic heterocycles. The van der Waals surface area contributed by atoms with Crippen LogP contribution < -0.4 is 4.89 Å². The lowest BCUT2D eigenvalue weighted by Crippen LogP contribution is -2.37. The highest BCUT2D eigenvalue weighted by Gasteiger charge is 2.22. The van der Waals surface area contributed by atoms with Crippen molar-refractivity contribution in [3.63, 3.8) is 0 Å². The second-order valence-corrected chi connectivity index (χ2v) is 25.5. The van der Waals surface area contributed by atoms with Gasteiger partial charge in [-0.2, -0.15) is 0 Å². The third kappa shape index (κ3) is 70.7. The summed E-state index contributed by atoms with van der Waals surface area (Å²) in [5, 5.41) is 0. The van der Waals surface area contributed by atoms with E-state index in [2.05, 4.69) is 172 Å². The number of carbonyl (C=O) groups is 2. The third-order valence-corrected chi connectivity index (χ3v) is 15.5. The maximum Gasteiger partial charge on any atom is 0.306 e. The Morgan fingerprint density at radius 1 is 0.352 bits per heavy atom. The van der Waals surface area contributed by atoms with Gasteiger partial charge in [-0.05, 0) is 122 Å². The zero-order valence-electron chi connectivity index (χ0n) is 56.9. The van der Waals surface area contributed by atoms with Gasteiger partial charge in [-0.1, -0.05) is 294 Å². The molecule has 2 unspecified atom stereocenters. The van der Waals surface area contributed by atoms with Gasteiger partial charge in [-0.25, -0.2) is 0 Å². The monoisotopic (exact) mass is 1240 g/mol. The Labute approximate surface area is 541 Å². The number of phosphoric ester groups is 1. The van der Waals surface area contributed by atoms with E-state index in [0.29, 0.717) is 17.4 Å². The van der Waals surface area contributed by atoms with E-state index in [1.54, 1.807) is 0 Å². The normalized spacial score (nSPS) is 14.1. The SMILES string of the molecule is CC/C=C\C/C=C\C/C=C\C/C=C\C/C=C\C/C=C\C/C=C\C/C=C\C/C=C\CCCCCC(=O)OC(COC(=O)CCCCCCCCCCCCCCCCCCCCCC/C=C\C/C=C\C/C=C\C/C=C\CC)COP(=O)([O-])OCC[N+](C)(C)C. The summed E-state index contributed by atoms with van der Waals surface area (Å²) in [6.45, 7) is 3.98. The molecule has 0 bridgehead atoms. The van der Waals surface area contributed by atoms with Crippen LogP contribution in [0.5, 0.6) is 0 Å². The van der Waals surface area contributed by atoms with E-state index in [1.165, 1.54) is 116 Å². The molecule has 0 radical (unpaired) electrons. The maximum atomic E-state index is 12.9. The quantitative estimate of drug-likeness (QED) is 0.0195. The summed E-state index contributed by atoms with van der Waals surface area (Å²) in [4.78, 5) is 38.1. The minimum Gasteiger partial charge on any atom is -0.756 e. The number of likely N-dealkylation sites (N-methyl/N-ethyl adjacent to an activating group) is 1. The van der Waals surface area contributed by atoms with Gasteiger partial charge >= 0.3 is 11.9 Å². The lowest BCUT2D eigenvalue weighted by atomic mass is 10.0. The summed E-state index contributed by atoms with van der Waals surface area (Å²) in [5.74, 6) is -0.875. The number of ether oxygens (including phenoxy) is 2. The van der Waals surface area contributed by atoms with Crippen LogP contribution in [0.15, 0.2) is 158 Å². The van der Waals surface area contributed by atoms with Crippen molar-refractivity contribution in [2.75, 3.05) is 47.5 Å². The number of rotatable bonds is 63. The lowest BCUT2D eigenvalue weighted by molar-refractivity contribution is -0.870. The van der Waals surface area contributed by atoms with Crippen LogP contribution in [0, 0.1) is 0 Å². The first-order valence-electron chi connectivity index (χ1n) is 35.2. The zero-order valence-corrected chi connectivity index (χ0v) is 57.8. The van der Waals surface area contributed by atoms with E-state index in [1.807, 2.05) is 21.1 Å². The molecule has 88 heavy (non-hydrogen) atoms. The van der Waals surface area contributed by atoms with Crippen LogP contribution in [0.4, 0.5) is 0 Å². The Morgan fingerprint density at radius 3 is 0.920 bits per heavy atom. The number of nitrogens with zero attached hydrogens (tertiary/aromatic N) is 1. The summed E-state index contributed by atoms with van der Waals surface area (Å²) in [5.41, 5.74) is 0. The standard InChI is InChI=1S/C78H130NO8P/c1-6-8-10-12-14-16-18-20-22-24-26-28-30-32-34-36-38-39-41-42-44-46-48-50-52-54-56-58-60-62-64-66-68-70-77(80)84-74-76(75-86-88(82,83)85-73-72-79(3,4)5)87-78(81)71-69-67-65-63-61-59-57-55-53-51-49-47-45-43-40-37-35-33-31-29-27-25-23-21-19-17-15-13-11-9-7-2/h8-11,14-17,20-23,26-29,33,35,40,43,47,49,53,55,59,61,76H,6-7,12-13,18-19,24-25,30-32,34,36-39,41-42,44-46,48,50-52,54,56-58,60,62-75H2,1-5H3/b10-8-,11-9-,16-14-,17-15-,22-20-,23-21-,28-26-,29-27-,35-33-,43-40-,49-47-,55-53-,61-59-. The van der Waals surface area contributed by atoms with E-state index >= 15 is 0 Å². The first kappa shape index (κ1) is 83.6. The molecule has 0 aliphatic rings. The Kier molecular flexibility index (Phi) is 63.7. The molecule has 0 amide bonds. The first-order valence-corrected chi connectivity index (χ1v) is 36.7. The molecule has 0 heterocycles. The van der Waals surface area contributed by atoms with E-state index < -0.39 is 32.5 Å². The predicted octanol–water partition coefficient (Wildman–Crippen LogP) is 22.5. The Balaban J connectivity index is 4.13. The van der Waals surface area contributed by atoms with Crippen LogP contribution in [0.1, 0.15) is 271 Å². The molecule has 0 rings (SSSR count). The molecule has 2 atom stereocenters. The number of esters is 2. The molecule has 0 fully saturated rings. The van der Waals surface area contributed by atoms with Gasteiger partial charge < -0.3 is 27.9 Å². The highest BCUT2D eigenvalue weighted by Crippen LogP contribution is 2.38. The van der Waals surface area contributed by atoms with Gasteiger partial charge in [0.15, 0.2) is 6.10 Å². The van der Waals surface area contributed by atoms with E-state index in [9.17, 15) is 19.0 Å². The van der Waals surface area contributed by atoms with Crippen LogP contribution in [0.2, 0.25) is 0 Å². The fourth-order valence-corrected chi connectivity index (χ4v) is 9.96. The van der Waals surface area contributed by atoms with Gasteiger partial charge in [0.1, 0.15) is 19.8 Å². The Morgan fingerprint density at radius 2 is 0.614 bits per heavy atom. The Bertz CT molecular complexity index is 2040. The minimum absolute atomic E-state index is 0.0449. The molecule has 0 spiro atoms. The molecule has 0 aliphatic carbocycles. The number of quaternary nitrogens is 1. The topological polar surface area (TPSA) is 111 Å². The molecule has 0 N–H and O–H groups in total. The number of allylic oxidation sites excluding steroid dienone is 26. The minimum atomic E-state index is -4.66. The van der Waals surface area contributed by atoms with Crippen molar-refractivity contribution in [3.05, 3.63) is 158 Å². The van der Waals surface area contributed by atoms with Crippen LogP contribution in [-0.4, -0.2) is 70.0 Å². The van der Waals surface area contributed by atoms with Crippen LogP contribution in [-0.2, 0) is 32.7 Å². The van der Waals surface area contributed by atoms with E-state index in [4.69, 9.17) is 18.5 Å². The maximum absolute atomic E-state index is 12.9. The highest BCUT2D eigenvalue weighted by molar-refractivity contribution is 7.45. The predicted molar refractivity (Wildman–Crippen MR) is 378 cm³/mol. The molecule has 0 aromatic carbocycles. The Hall–Kier alpha value is -4.37. The van der Waals surface area contributed by atoms with Crippen molar-refractivity contribution in [3.8, 4) is 0 Å². The summed E-state index contributed by atoms with van der Waals surface area (Å²) in [7, 11) is 1.13. The van der Waals surface area contributed by atoms with Crippen LogP contribution >= 0.6 is 7.82 Å². The molecule has 0 saturated carbocycles. The second-order valence-electron chi connectivity index (χ2n) is 24.1. The molecular weight excluding hydrogens is 1110 g/mol. The van der Waals surface area contributed by atoms with Crippen molar-refractivity contribution in [1.82, 2.24) is 0 Å². The van der Waals surface area contributed by atoms with Gasteiger partial charge in [-0.15, -0.1) is 0 Å². The van der Waals surface area contributed by atoms with Gasteiger partial charge in [0.25, 0.3) is 7.82 Å². The zero-order chi connectivity index (χ0) is 64.1. The van der Waals surface area contributed by atoms with Crippen LogP contribution in [0.3, 0.4) is 0 Å². The summed E-state index contributed by atoms with van der Waals surface area (Å²) >= 11 is 0. The van der Waals surface area contributed by atoms with Crippen molar-refractivity contribution < 1.29 is 42.1 Å². The van der Waals surface area contributed by atoms with E-state index in [-0.39, 0.29) is 26.1 Å². The molecule has 9 nitrogen and oxygen atoms in total. The summed E-state index contributed by atoms with van der Waals surface area (Å²) in [6, 6.07) is 0. The average molecular weight is 1240 g/mol. The molecular formula is C78H130NO8P. The van der Waals surface area contributed by atoms with Crippen molar-refractivity contribution >= 4 is 19.8 Å². The van der Waals surface area contributed by atoms with Gasteiger partial charge in [0, 0.05) is 12.8 Å². The average Bonchev–Trinajstić information content (AvgIpc) is 3.68. The van der Waals surface area contributed by atoms with Crippen molar-refractivity contribution in [2.45, 2.75) is 277 Å². The summed E-state index contributed by atoms with van der Waals surface area (Å²) < 4.78 is 34.3. The molecule has 500 valence electrons. The molecule has 0 aliphatic heterocycles.